The Kier molecular flexibility index (Phi) is 4.23. The summed E-state index contributed by atoms with van der Waals surface area (Å²) in [5.74, 6) is 1.10. The van der Waals surface area contributed by atoms with Crippen molar-refractivity contribution in [3.05, 3.63) is 12.4 Å². The van der Waals surface area contributed by atoms with E-state index in [2.05, 4.69) is 42.3 Å². The van der Waals surface area contributed by atoms with Crippen molar-refractivity contribution in [2.75, 3.05) is 43.0 Å². The first-order chi connectivity index (χ1) is 7.81. The molecule has 2 heterocycles. The highest BCUT2D eigenvalue weighted by atomic mass is 79.9. The lowest BCUT2D eigenvalue weighted by Crippen LogP contribution is -2.32. The Labute approximate surface area is 105 Å². The smallest absolute Gasteiger partial charge is 0.205 e. The number of alkyl halides is 1. The first kappa shape index (κ1) is 11.9. The van der Waals surface area contributed by atoms with Crippen LogP contribution in [0.3, 0.4) is 0 Å². The Bertz CT molecular complexity index is 326. The lowest BCUT2D eigenvalue weighted by molar-refractivity contribution is 0.313. The molecule has 1 aliphatic heterocycles. The van der Waals surface area contributed by atoms with Crippen LogP contribution in [0.25, 0.3) is 0 Å². The molecule has 0 amide bonds. The zero-order chi connectivity index (χ0) is 11.4. The molecule has 1 fully saturated rings. The molecule has 1 aliphatic rings. The summed E-state index contributed by atoms with van der Waals surface area (Å²) >= 11 is 3.50. The molecular weight excluding hydrogens is 268 g/mol. The highest BCUT2D eigenvalue weighted by Gasteiger charge is 2.16. The van der Waals surface area contributed by atoms with Gasteiger partial charge < -0.3 is 14.4 Å². The average molecular weight is 287 g/mol. The summed E-state index contributed by atoms with van der Waals surface area (Å²) in [4.78, 5) is 9.31. The Balaban J connectivity index is 1.96. The van der Waals surface area contributed by atoms with Gasteiger partial charge in [-0.05, 0) is 13.0 Å². The van der Waals surface area contributed by atoms with Gasteiger partial charge in [0.05, 0.1) is 0 Å². The highest BCUT2D eigenvalue weighted by molar-refractivity contribution is 9.09. The molecule has 0 aliphatic carbocycles. The summed E-state index contributed by atoms with van der Waals surface area (Å²) in [6.45, 7) is 5.68. The second-order valence-electron chi connectivity index (χ2n) is 4.21. The number of hydrogen-bond donors (Lipinski definition) is 0. The van der Waals surface area contributed by atoms with E-state index < -0.39 is 0 Å². The first-order valence-corrected chi connectivity index (χ1v) is 6.94. The molecule has 1 saturated heterocycles. The summed E-state index contributed by atoms with van der Waals surface area (Å²) in [7, 11) is 2.06. The van der Waals surface area contributed by atoms with Crippen LogP contribution in [-0.4, -0.2) is 52.5 Å². The first-order valence-electron chi connectivity index (χ1n) is 5.82. The summed E-state index contributed by atoms with van der Waals surface area (Å²) in [5.41, 5.74) is 0. The third kappa shape index (κ3) is 2.77. The largest absolute Gasteiger partial charge is 0.341 e. The lowest BCUT2D eigenvalue weighted by Gasteiger charge is -2.22. The van der Waals surface area contributed by atoms with Gasteiger partial charge in [-0.15, -0.1) is 0 Å². The van der Waals surface area contributed by atoms with E-state index in [0.29, 0.717) is 0 Å². The third-order valence-electron chi connectivity index (χ3n) is 3.07. The molecule has 0 unspecified atom stereocenters. The number of aryl methyl sites for hydroxylation is 1. The van der Waals surface area contributed by atoms with E-state index >= 15 is 0 Å². The van der Waals surface area contributed by atoms with Crippen LogP contribution >= 0.6 is 15.9 Å². The summed E-state index contributed by atoms with van der Waals surface area (Å²) in [6.07, 6.45) is 5.10. The Hall–Kier alpha value is -0.550. The van der Waals surface area contributed by atoms with Gasteiger partial charge in [0.2, 0.25) is 5.95 Å². The molecule has 16 heavy (non-hydrogen) atoms. The SMILES string of the molecule is Cn1ccnc1N1CCCN(CCBr)CC1. The molecule has 0 aromatic carbocycles. The van der Waals surface area contributed by atoms with Crippen molar-refractivity contribution in [3.8, 4) is 0 Å². The van der Waals surface area contributed by atoms with E-state index in [9.17, 15) is 0 Å². The van der Waals surface area contributed by atoms with Crippen molar-refractivity contribution >= 4 is 21.9 Å². The fourth-order valence-corrected chi connectivity index (χ4v) is 2.68. The molecule has 0 atom stereocenters. The van der Waals surface area contributed by atoms with E-state index in [1.807, 2.05) is 12.4 Å². The molecule has 0 spiro atoms. The maximum Gasteiger partial charge on any atom is 0.205 e. The minimum Gasteiger partial charge on any atom is -0.341 e. The second-order valence-corrected chi connectivity index (χ2v) is 5.00. The van der Waals surface area contributed by atoms with Crippen LogP contribution in [0, 0.1) is 0 Å². The summed E-state index contributed by atoms with van der Waals surface area (Å²) in [5, 5.41) is 1.06. The summed E-state index contributed by atoms with van der Waals surface area (Å²) < 4.78 is 2.10. The zero-order valence-electron chi connectivity index (χ0n) is 9.77. The van der Waals surface area contributed by atoms with Crippen molar-refractivity contribution in [1.82, 2.24) is 14.5 Å². The maximum absolute atomic E-state index is 4.41. The quantitative estimate of drug-likeness (QED) is 0.784. The molecular formula is C11H19BrN4. The Morgan fingerprint density at radius 2 is 2.19 bits per heavy atom. The van der Waals surface area contributed by atoms with Crippen LogP contribution in [0.2, 0.25) is 0 Å². The normalized spacial score (nSPS) is 18.8. The van der Waals surface area contributed by atoms with Crippen LogP contribution in [0.5, 0.6) is 0 Å². The van der Waals surface area contributed by atoms with Crippen molar-refractivity contribution in [2.24, 2.45) is 7.05 Å². The number of anilines is 1. The molecule has 4 nitrogen and oxygen atoms in total. The summed E-state index contributed by atoms with van der Waals surface area (Å²) in [6, 6.07) is 0. The third-order valence-corrected chi connectivity index (χ3v) is 3.42. The molecule has 2 rings (SSSR count). The topological polar surface area (TPSA) is 24.3 Å². The lowest BCUT2D eigenvalue weighted by atomic mass is 10.4. The van der Waals surface area contributed by atoms with Gasteiger partial charge in [0, 0.05) is 51.0 Å². The number of imidazole rings is 1. The van der Waals surface area contributed by atoms with Gasteiger partial charge in [-0.3, -0.25) is 0 Å². The van der Waals surface area contributed by atoms with Crippen LogP contribution in [0.4, 0.5) is 5.95 Å². The average Bonchev–Trinajstić information content (AvgIpc) is 2.57. The van der Waals surface area contributed by atoms with Crippen molar-refractivity contribution in [3.63, 3.8) is 0 Å². The monoisotopic (exact) mass is 286 g/mol. The molecule has 5 heteroatoms. The molecule has 0 radical (unpaired) electrons. The predicted molar refractivity (Wildman–Crippen MR) is 70.3 cm³/mol. The van der Waals surface area contributed by atoms with E-state index in [1.165, 1.54) is 13.0 Å². The maximum atomic E-state index is 4.41. The van der Waals surface area contributed by atoms with Crippen molar-refractivity contribution < 1.29 is 0 Å². The van der Waals surface area contributed by atoms with Crippen molar-refractivity contribution in [1.29, 1.82) is 0 Å². The van der Waals surface area contributed by atoms with Gasteiger partial charge in [0.15, 0.2) is 0 Å². The fraction of sp³-hybridized carbons (Fsp3) is 0.727. The van der Waals surface area contributed by atoms with Gasteiger partial charge in [-0.25, -0.2) is 4.98 Å². The highest BCUT2D eigenvalue weighted by Crippen LogP contribution is 2.13. The van der Waals surface area contributed by atoms with Crippen molar-refractivity contribution in [2.45, 2.75) is 6.42 Å². The van der Waals surface area contributed by atoms with E-state index in [-0.39, 0.29) is 0 Å². The molecule has 90 valence electrons. The molecule has 0 bridgehead atoms. The fourth-order valence-electron chi connectivity index (χ4n) is 2.18. The number of hydrogen-bond acceptors (Lipinski definition) is 3. The van der Waals surface area contributed by atoms with E-state index in [0.717, 1.165) is 37.5 Å². The van der Waals surface area contributed by atoms with Gasteiger partial charge in [-0.1, -0.05) is 15.9 Å². The van der Waals surface area contributed by atoms with Crippen LogP contribution in [0.15, 0.2) is 12.4 Å². The number of halogens is 1. The van der Waals surface area contributed by atoms with Gasteiger partial charge in [0.1, 0.15) is 0 Å². The van der Waals surface area contributed by atoms with Gasteiger partial charge in [-0.2, -0.15) is 0 Å². The van der Waals surface area contributed by atoms with E-state index in [1.54, 1.807) is 0 Å². The standard InChI is InChI=1S/C11H19BrN4/c1-14-8-4-13-11(14)16-6-2-5-15(7-3-12)9-10-16/h4,8H,2-3,5-7,9-10H2,1H3. The minimum absolute atomic E-state index is 1.06. The Morgan fingerprint density at radius 3 is 2.88 bits per heavy atom. The molecule has 1 aromatic rings. The Morgan fingerprint density at radius 1 is 1.31 bits per heavy atom. The minimum atomic E-state index is 1.06. The van der Waals surface area contributed by atoms with E-state index in [4.69, 9.17) is 0 Å². The molecule has 0 saturated carbocycles. The number of rotatable bonds is 3. The molecule has 1 aromatic heterocycles. The predicted octanol–water partition coefficient (Wildman–Crippen LogP) is 1.33. The van der Waals surface area contributed by atoms with Crippen LogP contribution < -0.4 is 4.90 Å². The number of aromatic nitrogens is 2. The van der Waals surface area contributed by atoms with Crippen LogP contribution in [0.1, 0.15) is 6.42 Å². The zero-order valence-corrected chi connectivity index (χ0v) is 11.4. The molecule has 0 N–H and O–H groups in total. The van der Waals surface area contributed by atoms with Gasteiger partial charge >= 0.3 is 0 Å². The second kappa shape index (κ2) is 5.68. The number of nitrogens with zero attached hydrogens (tertiary/aromatic N) is 4. The van der Waals surface area contributed by atoms with Crippen LogP contribution in [-0.2, 0) is 7.05 Å². The van der Waals surface area contributed by atoms with Gasteiger partial charge in [0.25, 0.3) is 0 Å².